The lowest BCUT2D eigenvalue weighted by Gasteiger charge is -2.13. The van der Waals surface area contributed by atoms with Crippen molar-refractivity contribution in [3.8, 4) is 0 Å². The normalized spacial score (nSPS) is 12.7. The highest BCUT2D eigenvalue weighted by molar-refractivity contribution is 6.22. The van der Waals surface area contributed by atoms with E-state index in [1.54, 1.807) is 42.6 Å². The molecule has 27 heavy (non-hydrogen) atoms. The van der Waals surface area contributed by atoms with Gasteiger partial charge in [0.1, 0.15) is 6.54 Å². The molecule has 2 heterocycles. The molecule has 3 rings (SSSR count). The molecule has 138 valence electrons. The van der Waals surface area contributed by atoms with Gasteiger partial charge in [-0.05, 0) is 30.7 Å². The van der Waals surface area contributed by atoms with Gasteiger partial charge in [0, 0.05) is 25.5 Å². The molecule has 0 atom stereocenters. The molecule has 1 aromatic heterocycles. The standard InChI is InChI=1S/C19H18N4O4/c24-16(12-23-18(26)14-6-1-2-7-15(14)19(23)27)21-9-4-10-22-17(25)13-5-3-8-20-11-13/h1-3,5-8,11H,4,9-10,12H2,(H,21,24)(H,22,25). The highest BCUT2D eigenvalue weighted by Crippen LogP contribution is 2.21. The second-order valence-corrected chi connectivity index (χ2v) is 5.94. The van der Waals surface area contributed by atoms with Crippen molar-refractivity contribution in [2.75, 3.05) is 19.6 Å². The zero-order valence-corrected chi connectivity index (χ0v) is 14.5. The van der Waals surface area contributed by atoms with Gasteiger partial charge in [-0.15, -0.1) is 0 Å². The highest BCUT2D eigenvalue weighted by atomic mass is 16.2. The van der Waals surface area contributed by atoms with Crippen LogP contribution in [-0.4, -0.2) is 53.1 Å². The third-order valence-electron chi connectivity index (χ3n) is 4.06. The number of carbonyl (C=O) groups is 4. The Hall–Kier alpha value is -3.55. The molecule has 0 radical (unpaired) electrons. The molecular formula is C19H18N4O4. The number of benzene rings is 1. The summed E-state index contributed by atoms with van der Waals surface area (Å²) < 4.78 is 0. The third-order valence-corrected chi connectivity index (χ3v) is 4.06. The van der Waals surface area contributed by atoms with Gasteiger partial charge in [-0.3, -0.25) is 29.1 Å². The van der Waals surface area contributed by atoms with Crippen molar-refractivity contribution >= 4 is 23.6 Å². The van der Waals surface area contributed by atoms with Gasteiger partial charge in [0.2, 0.25) is 5.91 Å². The number of pyridine rings is 1. The number of rotatable bonds is 7. The van der Waals surface area contributed by atoms with E-state index < -0.39 is 17.7 Å². The zero-order valence-electron chi connectivity index (χ0n) is 14.5. The molecule has 0 spiro atoms. The van der Waals surface area contributed by atoms with Crippen LogP contribution in [0.15, 0.2) is 48.8 Å². The van der Waals surface area contributed by atoms with Crippen LogP contribution in [0, 0.1) is 0 Å². The Morgan fingerprint density at radius 1 is 0.926 bits per heavy atom. The molecule has 8 nitrogen and oxygen atoms in total. The van der Waals surface area contributed by atoms with E-state index in [1.165, 1.54) is 6.20 Å². The Balaban J connectivity index is 1.39. The van der Waals surface area contributed by atoms with Gasteiger partial charge in [0.15, 0.2) is 0 Å². The van der Waals surface area contributed by atoms with Crippen LogP contribution in [0.3, 0.4) is 0 Å². The number of imide groups is 1. The molecule has 4 amide bonds. The molecular weight excluding hydrogens is 348 g/mol. The molecule has 8 heteroatoms. The fraction of sp³-hybridized carbons (Fsp3) is 0.211. The SMILES string of the molecule is O=C(CN1C(=O)c2ccccc2C1=O)NCCCNC(=O)c1cccnc1. The molecule has 1 aliphatic rings. The van der Waals surface area contributed by atoms with E-state index in [0.29, 0.717) is 36.2 Å². The minimum atomic E-state index is -0.463. The first-order chi connectivity index (χ1) is 13.1. The second-order valence-electron chi connectivity index (χ2n) is 5.94. The number of aromatic nitrogens is 1. The summed E-state index contributed by atoms with van der Waals surface area (Å²) in [6.07, 6.45) is 3.57. The topological polar surface area (TPSA) is 108 Å². The van der Waals surface area contributed by atoms with Crippen molar-refractivity contribution in [1.82, 2.24) is 20.5 Å². The molecule has 0 bridgehead atoms. The fourth-order valence-electron chi connectivity index (χ4n) is 2.70. The number of carbonyl (C=O) groups excluding carboxylic acids is 4. The van der Waals surface area contributed by atoms with Gasteiger partial charge in [0.25, 0.3) is 17.7 Å². The number of amides is 4. The Bertz CT molecular complexity index is 847. The predicted octanol–water partition coefficient (Wildman–Crippen LogP) is 0.614. The van der Waals surface area contributed by atoms with Crippen molar-refractivity contribution in [3.63, 3.8) is 0 Å². The molecule has 0 unspecified atom stereocenters. The summed E-state index contributed by atoms with van der Waals surface area (Å²) in [5, 5.41) is 5.37. The maximum atomic E-state index is 12.2. The molecule has 0 fully saturated rings. The smallest absolute Gasteiger partial charge is 0.262 e. The average molecular weight is 366 g/mol. The molecule has 1 aromatic carbocycles. The number of hydrogen-bond donors (Lipinski definition) is 2. The highest BCUT2D eigenvalue weighted by Gasteiger charge is 2.36. The van der Waals surface area contributed by atoms with Crippen LogP contribution in [0.5, 0.6) is 0 Å². The van der Waals surface area contributed by atoms with Crippen molar-refractivity contribution < 1.29 is 19.2 Å². The van der Waals surface area contributed by atoms with Crippen LogP contribution in [0.2, 0.25) is 0 Å². The van der Waals surface area contributed by atoms with E-state index in [1.807, 2.05) is 0 Å². The predicted molar refractivity (Wildman–Crippen MR) is 96.0 cm³/mol. The lowest BCUT2D eigenvalue weighted by molar-refractivity contribution is -0.121. The number of hydrogen-bond acceptors (Lipinski definition) is 5. The van der Waals surface area contributed by atoms with Crippen LogP contribution < -0.4 is 10.6 Å². The molecule has 0 saturated heterocycles. The summed E-state index contributed by atoms with van der Waals surface area (Å²) in [5.41, 5.74) is 1.09. The third kappa shape index (κ3) is 4.17. The van der Waals surface area contributed by atoms with Crippen LogP contribution in [0.4, 0.5) is 0 Å². The monoisotopic (exact) mass is 366 g/mol. The summed E-state index contributed by atoms with van der Waals surface area (Å²) in [4.78, 5) is 53.0. The Morgan fingerprint density at radius 2 is 1.59 bits per heavy atom. The second kappa shape index (κ2) is 8.22. The lowest BCUT2D eigenvalue weighted by Crippen LogP contribution is -2.41. The molecule has 0 aliphatic carbocycles. The van der Waals surface area contributed by atoms with Crippen molar-refractivity contribution in [1.29, 1.82) is 0 Å². The van der Waals surface area contributed by atoms with Gasteiger partial charge in [0.05, 0.1) is 16.7 Å². The van der Waals surface area contributed by atoms with Crippen LogP contribution in [0.25, 0.3) is 0 Å². The van der Waals surface area contributed by atoms with E-state index in [0.717, 1.165) is 4.90 Å². The summed E-state index contributed by atoms with van der Waals surface area (Å²) in [7, 11) is 0. The lowest BCUT2D eigenvalue weighted by atomic mass is 10.1. The molecule has 1 aliphatic heterocycles. The minimum absolute atomic E-state index is 0.236. The van der Waals surface area contributed by atoms with Crippen LogP contribution in [-0.2, 0) is 4.79 Å². The van der Waals surface area contributed by atoms with E-state index >= 15 is 0 Å². The van der Waals surface area contributed by atoms with Crippen LogP contribution in [0.1, 0.15) is 37.5 Å². The quantitative estimate of drug-likeness (QED) is 0.551. The van der Waals surface area contributed by atoms with E-state index in [-0.39, 0.29) is 12.5 Å². The van der Waals surface area contributed by atoms with Crippen molar-refractivity contribution in [3.05, 3.63) is 65.5 Å². The fourth-order valence-corrected chi connectivity index (χ4v) is 2.70. The summed E-state index contributed by atoms with van der Waals surface area (Å²) in [6, 6.07) is 9.82. The summed E-state index contributed by atoms with van der Waals surface area (Å²) >= 11 is 0. The zero-order chi connectivity index (χ0) is 19.2. The summed E-state index contributed by atoms with van der Waals surface area (Å²) in [6.45, 7) is 0.366. The number of fused-ring (bicyclic) bond motifs is 1. The number of nitrogens with zero attached hydrogens (tertiary/aromatic N) is 2. The van der Waals surface area contributed by atoms with E-state index in [9.17, 15) is 19.2 Å². The molecule has 0 saturated carbocycles. The van der Waals surface area contributed by atoms with Crippen molar-refractivity contribution in [2.24, 2.45) is 0 Å². The van der Waals surface area contributed by atoms with E-state index in [2.05, 4.69) is 15.6 Å². The van der Waals surface area contributed by atoms with Crippen molar-refractivity contribution in [2.45, 2.75) is 6.42 Å². The first kappa shape index (κ1) is 18.2. The maximum absolute atomic E-state index is 12.2. The van der Waals surface area contributed by atoms with Gasteiger partial charge in [-0.2, -0.15) is 0 Å². The molecule has 2 aromatic rings. The Labute approximate surface area is 155 Å². The largest absolute Gasteiger partial charge is 0.354 e. The summed E-state index contributed by atoms with van der Waals surface area (Å²) in [5.74, 6) is -1.59. The maximum Gasteiger partial charge on any atom is 0.262 e. The van der Waals surface area contributed by atoms with Crippen LogP contribution >= 0.6 is 0 Å². The van der Waals surface area contributed by atoms with Gasteiger partial charge in [-0.1, -0.05) is 12.1 Å². The molecule has 2 N–H and O–H groups in total. The van der Waals surface area contributed by atoms with Gasteiger partial charge >= 0.3 is 0 Å². The Morgan fingerprint density at radius 3 is 2.22 bits per heavy atom. The Kier molecular flexibility index (Phi) is 5.55. The first-order valence-corrected chi connectivity index (χ1v) is 8.48. The minimum Gasteiger partial charge on any atom is -0.354 e. The van der Waals surface area contributed by atoms with E-state index in [4.69, 9.17) is 0 Å². The average Bonchev–Trinajstić information content (AvgIpc) is 2.93. The van der Waals surface area contributed by atoms with Gasteiger partial charge in [-0.25, -0.2) is 0 Å². The number of nitrogens with one attached hydrogen (secondary N) is 2. The van der Waals surface area contributed by atoms with Gasteiger partial charge < -0.3 is 10.6 Å². The first-order valence-electron chi connectivity index (χ1n) is 8.48.